The van der Waals surface area contributed by atoms with Crippen LogP contribution in [-0.2, 0) is 19.1 Å². The fourth-order valence-electron chi connectivity index (χ4n) is 0.880. The lowest BCUT2D eigenvalue weighted by Gasteiger charge is -2.09. The Bertz CT molecular complexity index is 295. The molecule has 0 bridgehead atoms. The van der Waals surface area contributed by atoms with Crippen molar-refractivity contribution in [3.05, 3.63) is 0 Å². The van der Waals surface area contributed by atoms with E-state index in [0.29, 0.717) is 0 Å². The van der Waals surface area contributed by atoms with Gasteiger partial charge in [-0.15, -0.1) is 12.4 Å². The maximum absolute atomic E-state index is 9.00. The highest BCUT2D eigenvalue weighted by atomic mass is 35.5. The van der Waals surface area contributed by atoms with Gasteiger partial charge in [-0.05, 0) is 0 Å². The van der Waals surface area contributed by atoms with Crippen LogP contribution in [0.25, 0.3) is 0 Å². The lowest BCUT2D eigenvalue weighted by molar-refractivity contribution is -0.135. The fraction of sp³-hybridized carbons (Fsp3) is 0.727. The SMILES string of the molecule is CC(=O)O.CC(=O)O.CC(=O)O.Cl.OC[C@H]1OC(O)[C@H](O)[C@@H]1O. The molecule has 1 unspecified atom stereocenters. The minimum atomic E-state index is -1.38. The predicted octanol–water partition coefficient (Wildman–Crippen LogP) is -1.89. The molecule has 140 valence electrons. The van der Waals surface area contributed by atoms with Gasteiger partial charge in [0, 0.05) is 20.8 Å². The molecule has 23 heavy (non-hydrogen) atoms. The van der Waals surface area contributed by atoms with Crippen LogP contribution in [-0.4, -0.2) is 84.9 Å². The summed E-state index contributed by atoms with van der Waals surface area (Å²) >= 11 is 0. The molecule has 11 nitrogen and oxygen atoms in total. The van der Waals surface area contributed by atoms with E-state index in [4.69, 9.17) is 50.1 Å². The van der Waals surface area contributed by atoms with Crippen molar-refractivity contribution in [3.8, 4) is 0 Å². The van der Waals surface area contributed by atoms with E-state index in [-0.39, 0.29) is 12.4 Å². The highest BCUT2D eigenvalue weighted by Gasteiger charge is 2.41. The van der Waals surface area contributed by atoms with Crippen LogP contribution in [0.4, 0.5) is 0 Å². The number of aliphatic hydroxyl groups is 4. The van der Waals surface area contributed by atoms with E-state index in [9.17, 15) is 0 Å². The molecule has 1 saturated heterocycles. The minimum absolute atomic E-state index is 0. The number of ether oxygens (including phenoxy) is 1. The minimum Gasteiger partial charge on any atom is -0.481 e. The van der Waals surface area contributed by atoms with Gasteiger partial charge in [-0.3, -0.25) is 14.4 Å². The molecule has 0 amide bonds. The van der Waals surface area contributed by atoms with Crippen molar-refractivity contribution in [1.82, 2.24) is 0 Å². The zero-order valence-electron chi connectivity index (χ0n) is 12.7. The molecule has 0 spiro atoms. The van der Waals surface area contributed by atoms with Crippen LogP contribution in [0.2, 0.25) is 0 Å². The molecule has 0 aromatic rings. The first-order valence-corrected chi connectivity index (χ1v) is 5.75. The Labute approximate surface area is 138 Å². The number of rotatable bonds is 1. The predicted molar refractivity (Wildman–Crippen MR) is 77.2 cm³/mol. The van der Waals surface area contributed by atoms with E-state index in [1.807, 2.05) is 0 Å². The smallest absolute Gasteiger partial charge is 0.300 e. The Morgan fingerprint density at radius 1 is 0.826 bits per heavy atom. The topological polar surface area (TPSA) is 202 Å². The molecule has 1 aliphatic heterocycles. The second kappa shape index (κ2) is 16.9. The van der Waals surface area contributed by atoms with Crippen LogP contribution in [0.1, 0.15) is 20.8 Å². The third-order valence-corrected chi connectivity index (χ3v) is 1.52. The van der Waals surface area contributed by atoms with Crippen molar-refractivity contribution in [2.75, 3.05) is 6.61 Å². The zero-order chi connectivity index (χ0) is 18.5. The Hall–Kier alpha value is -1.50. The maximum Gasteiger partial charge on any atom is 0.300 e. The summed E-state index contributed by atoms with van der Waals surface area (Å²) in [5.74, 6) is -2.50. The largest absolute Gasteiger partial charge is 0.481 e. The summed E-state index contributed by atoms with van der Waals surface area (Å²) in [5, 5.41) is 57.2. The zero-order valence-corrected chi connectivity index (χ0v) is 13.5. The quantitative estimate of drug-likeness (QED) is 0.273. The number of hydrogen-bond donors (Lipinski definition) is 7. The van der Waals surface area contributed by atoms with Gasteiger partial charge in [0.15, 0.2) is 6.29 Å². The average Bonchev–Trinajstić information content (AvgIpc) is 2.54. The Morgan fingerprint density at radius 2 is 1.09 bits per heavy atom. The number of carboxylic acids is 3. The number of aliphatic hydroxyl groups excluding tert-OH is 4. The lowest BCUT2D eigenvalue weighted by Crippen LogP contribution is -2.33. The Morgan fingerprint density at radius 3 is 1.17 bits per heavy atom. The molecular weight excluding hydrogens is 344 g/mol. The summed E-state index contributed by atoms with van der Waals surface area (Å²) in [4.78, 5) is 27.0. The Balaban J connectivity index is -0.000000118. The molecule has 0 aliphatic carbocycles. The molecule has 12 heteroatoms. The molecule has 4 atom stereocenters. The van der Waals surface area contributed by atoms with Crippen LogP contribution in [0, 0.1) is 0 Å². The molecule has 1 fully saturated rings. The maximum atomic E-state index is 9.00. The number of halogens is 1. The van der Waals surface area contributed by atoms with Crippen LogP contribution in [0.5, 0.6) is 0 Å². The first-order valence-electron chi connectivity index (χ1n) is 5.75. The van der Waals surface area contributed by atoms with E-state index in [2.05, 4.69) is 4.74 Å². The second-order valence-electron chi connectivity index (χ2n) is 3.79. The van der Waals surface area contributed by atoms with Gasteiger partial charge < -0.3 is 40.5 Å². The summed E-state index contributed by atoms with van der Waals surface area (Å²) in [6, 6.07) is 0. The van der Waals surface area contributed by atoms with Crippen molar-refractivity contribution in [1.29, 1.82) is 0 Å². The van der Waals surface area contributed by atoms with Crippen LogP contribution in [0.3, 0.4) is 0 Å². The van der Waals surface area contributed by atoms with Crippen molar-refractivity contribution in [2.45, 2.75) is 45.4 Å². The molecular formula is C11H23ClO11. The van der Waals surface area contributed by atoms with Crippen LogP contribution in [0.15, 0.2) is 0 Å². The first-order chi connectivity index (χ1) is 9.86. The van der Waals surface area contributed by atoms with Gasteiger partial charge in [-0.2, -0.15) is 0 Å². The highest BCUT2D eigenvalue weighted by Crippen LogP contribution is 2.18. The lowest BCUT2D eigenvalue weighted by atomic mass is 10.1. The number of carbonyl (C=O) groups is 3. The van der Waals surface area contributed by atoms with Gasteiger partial charge in [-0.1, -0.05) is 0 Å². The molecule has 1 rings (SSSR count). The van der Waals surface area contributed by atoms with Gasteiger partial charge in [0.25, 0.3) is 17.9 Å². The van der Waals surface area contributed by atoms with E-state index in [1.54, 1.807) is 0 Å². The van der Waals surface area contributed by atoms with Crippen LogP contribution < -0.4 is 0 Å². The summed E-state index contributed by atoms with van der Waals surface area (Å²) in [6.45, 7) is 2.84. The van der Waals surface area contributed by atoms with Gasteiger partial charge in [0.05, 0.1) is 6.61 Å². The molecule has 1 heterocycles. The molecule has 1 aliphatic rings. The van der Waals surface area contributed by atoms with E-state index < -0.39 is 49.1 Å². The van der Waals surface area contributed by atoms with Gasteiger partial charge in [0.1, 0.15) is 18.3 Å². The molecule has 0 radical (unpaired) electrons. The van der Waals surface area contributed by atoms with Gasteiger partial charge in [0.2, 0.25) is 0 Å². The van der Waals surface area contributed by atoms with Crippen LogP contribution >= 0.6 is 12.4 Å². The summed E-state index contributed by atoms with van der Waals surface area (Å²) in [5.41, 5.74) is 0. The summed E-state index contributed by atoms with van der Waals surface area (Å²) in [6.07, 6.45) is -4.76. The summed E-state index contributed by atoms with van der Waals surface area (Å²) < 4.78 is 4.54. The van der Waals surface area contributed by atoms with E-state index in [0.717, 1.165) is 20.8 Å². The first kappa shape index (κ1) is 29.5. The molecule has 7 N–H and O–H groups in total. The second-order valence-corrected chi connectivity index (χ2v) is 3.79. The normalized spacial score (nSPS) is 24.1. The third-order valence-electron chi connectivity index (χ3n) is 1.52. The molecule has 0 aromatic heterocycles. The monoisotopic (exact) mass is 366 g/mol. The standard InChI is InChI=1S/C5H10O5.3C2H4O2.ClH/c6-1-2-3(7)4(8)5(9)10-2;3*1-2(3)4;/h2-9H,1H2;3*1H3,(H,3,4);1H/t2-,3-,4-,5?;;;;/m1..../s1. The average molecular weight is 367 g/mol. The van der Waals surface area contributed by atoms with E-state index in [1.165, 1.54) is 0 Å². The van der Waals surface area contributed by atoms with Gasteiger partial charge >= 0.3 is 0 Å². The fourth-order valence-corrected chi connectivity index (χ4v) is 0.880. The molecule has 0 saturated carbocycles. The van der Waals surface area contributed by atoms with Gasteiger partial charge in [-0.25, -0.2) is 0 Å². The number of aliphatic carboxylic acids is 3. The highest BCUT2D eigenvalue weighted by molar-refractivity contribution is 5.85. The van der Waals surface area contributed by atoms with Crippen molar-refractivity contribution in [3.63, 3.8) is 0 Å². The third kappa shape index (κ3) is 25.8. The van der Waals surface area contributed by atoms with Crippen molar-refractivity contribution in [2.24, 2.45) is 0 Å². The molecule has 0 aromatic carbocycles. The van der Waals surface area contributed by atoms with Crippen molar-refractivity contribution >= 4 is 30.3 Å². The van der Waals surface area contributed by atoms with Crippen molar-refractivity contribution < 1.29 is 54.9 Å². The number of hydrogen-bond acceptors (Lipinski definition) is 8. The number of carboxylic acid groups (broad SMARTS) is 3. The summed E-state index contributed by atoms with van der Waals surface area (Å²) in [7, 11) is 0. The Kier molecular flexibility index (Phi) is 21.6. The van der Waals surface area contributed by atoms with E-state index >= 15 is 0 Å².